The molecule has 0 spiro atoms. The average Bonchev–Trinajstić information content (AvgIpc) is 2.44. The van der Waals surface area contributed by atoms with E-state index in [-0.39, 0.29) is 11.1 Å². The molecule has 24 heavy (non-hydrogen) atoms. The summed E-state index contributed by atoms with van der Waals surface area (Å²) < 4.78 is 78.9. The SMILES string of the molecule is O=C(O)c1ccc(-c2cccc(C(F)(F)F)c2)cc1OC(F)(F)F. The second kappa shape index (κ2) is 6.06. The van der Waals surface area contributed by atoms with Gasteiger partial charge in [0.05, 0.1) is 5.56 Å². The maximum Gasteiger partial charge on any atom is 0.573 e. The first-order valence-corrected chi connectivity index (χ1v) is 6.28. The molecule has 0 aliphatic rings. The highest BCUT2D eigenvalue weighted by molar-refractivity contribution is 5.92. The molecule has 0 atom stereocenters. The molecular weight excluding hydrogens is 342 g/mol. The van der Waals surface area contributed by atoms with Crippen molar-refractivity contribution in [1.29, 1.82) is 0 Å². The highest BCUT2D eigenvalue weighted by Crippen LogP contribution is 2.35. The Labute approximate surface area is 131 Å². The molecule has 0 saturated heterocycles. The van der Waals surface area contributed by atoms with Gasteiger partial charge in [-0.25, -0.2) is 4.79 Å². The van der Waals surface area contributed by atoms with Crippen LogP contribution in [0.25, 0.3) is 11.1 Å². The minimum atomic E-state index is -5.14. The molecule has 9 heteroatoms. The van der Waals surface area contributed by atoms with Gasteiger partial charge in [-0.2, -0.15) is 13.2 Å². The lowest BCUT2D eigenvalue weighted by atomic mass is 10.0. The van der Waals surface area contributed by atoms with Crippen LogP contribution in [0.5, 0.6) is 5.75 Å². The van der Waals surface area contributed by atoms with Crippen molar-refractivity contribution in [3.63, 3.8) is 0 Å². The normalized spacial score (nSPS) is 12.1. The Morgan fingerprint density at radius 2 is 1.54 bits per heavy atom. The summed E-state index contributed by atoms with van der Waals surface area (Å²) in [4.78, 5) is 10.9. The first kappa shape index (κ1) is 17.6. The van der Waals surface area contributed by atoms with Crippen molar-refractivity contribution in [2.24, 2.45) is 0 Å². The fourth-order valence-corrected chi connectivity index (χ4v) is 1.96. The van der Waals surface area contributed by atoms with Crippen LogP contribution in [0.4, 0.5) is 26.3 Å². The minimum absolute atomic E-state index is 0.0335. The van der Waals surface area contributed by atoms with Crippen molar-refractivity contribution in [2.75, 3.05) is 0 Å². The van der Waals surface area contributed by atoms with Crippen LogP contribution in [-0.2, 0) is 6.18 Å². The van der Waals surface area contributed by atoms with E-state index in [0.29, 0.717) is 0 Å². The Bertz CT molecular complexity index is 765. The standard InChI is InChI=1S/C15H8F6O3/c16-14(17,18)10-3-1-2-8(6-10)9-4-5-11(13(22)23)12(7-9)24-15(19,20)21/h1-7H,(H,22,23). The zero-order valence-corrected chi connectivity index (χ0v) is 11.6. The summed E-state index contributed by atoms with van der Waals surface area (Å²) in [6.07, 6.45) is -9.76. The summed E-state index contributed by atoms with van der Waals surface area (Å²) in [7, 11) is 0. The molecule has 0 fully saturated rings. The summed E-state index contributed by atoms with van der Waals surface area (Å²) in [5.41, 5.74) is -1.83. The van der Waals surface area contributed by atoms with Gasteiger partial charge >= 0.3 is 18.5 Å². The number of halogens is 6. The van der Waals surface area contributed by atoms with Gasteiger partial charge in [0.1, 0.15) is 11.3 Å². The highest BCUT2D eigenvalue weighted by atomic mass is 19.4. The van der Waals surface area contributed by atoms with E-state index in [0.717, 1.165) is 36.4 Å². The van der Waals surface area contributed by atoms with Crippen LogP contribution in [-0.4, -0.2) is 17.4 Å². The van der Waals surface area contributed by atoms with Gasteiger partial charge in [0.15, 0.2) is 0 Å². The monoisotopic (exact) mass is 350 g/mol. The quantitative estimate of drug-likeness (QED) is 0.795. The molecule has 0 bridgehead atoms. The van der Waals surface area contributed by atoms with Crippen molar-refractivity contribution in [3.8, 4) is 16.9 Å². The lowest BCUT2D eigenvalue weighted by Crippen LogP contribution is -2.19. The molecule has 2 aromatic carbocycles. The Morgan fingerprint density at radius 1 is 0.917 bits per heavy atom. The summed E-state index contributed by atoms with van der Waals surface area (Å²) >= 11 is 0. The van der Waals surface area contributed by atoms with Crippen molar-refractivity contribution < 1.29 is 41.0 Å². The van der Waals surface area contributed by atoms with Crippen LogP contribution < -0.4 is 4.74 Å². The van der Waals surface area contributed by atoms with Crippen molar-refractivity contribution in [3.05, 3.63) is 53.6 Å². The molecule has 0 radical (unpaired) electrons. The lowest BCUT2D eigenvalue weighted by molar-refractivity contribution is -0.274. The molecule has 128 valence electrons. The van der Waals surface area contributed by atoms with Crippen molar-refractivity contribution >= 4 is 5.97 Å². The van der Waals surface area contributed by atoms with E-state index >= 15 is 0 Å². The number of ether oxygens (including phenoxy) is 1. The zero-order valence-electron chi connectivity index (χ0n) is 11.6. The van der Waals surface area contributed by atoms with E-state index < -0.39 is 35.4 Å². The lowest BCUT2D eigenvalue weighted by Gasteiger charge is -2.13. The van der Waals surface area contributed by atoms with E-state index in [4.69, 9.17) is 5.11 Å². The van der Waals surface area contributed by atoms with Gasteiger partial charge in [-0.05, 0) is 35.4 Å². The maximum absolute atomic E-state index is 12.7. The van der Waals surface area contributed by atoms with E-state index in [1.165, 1.54) is 6.07 Å². The zero-order chi connectivity index (χ0) is 18.1. The van der Waals surface area contributed by atoms with Gasteiger partial charge in [0, 0.05) is 0 Å². The van der Waals surface area contributed by atoms with Crippen LogP contribution in [0.15, 0.2) is 42.5 Å². The highest BCUT2D eigenvalue weighted by Gasteiger charge is 2.33. The third-order valence-electron chi connectivity index (χ3n) is 2.96. The van der Waals surface area contributed by atoms with E-state index in [1.54, 1.807) is 0 Å². The van der Waals surface area contributed by atoms with Gasteiger partial charge in [0.2, 0.25) is 0 Å². The van der Waals surface area contributed by atoms with E-state index in [9.17, 15) is 31.1 Å². The van der Waals surface area contributed by atoms with Crippen molar-refractivity contribution in [2.45, 2.75) is 12.5 Å². The minimum Gasteiger partial charge on any atom is -0.478 e. The molecule has 0 aromatic heterocycles. The number of aromatic carboxylic acids is 1. The Morgan fingerprint density at radius 3 is 2.08 bits per heavy atom. The number of carbonyl (C=O) groups is 1. The number of carboxylic acids is 1. The largest absolute Gasteiger partial charge is 0.573 e. The number of hydrogen-bond acceptors (Lipinski definition) is 2. The molecule has 0 amide bonds. The Hall–Kier alpha value is -2.71. The Kier molecular flexibility index (Phi) is 4.46. The first-order valence-electron chi connectivity index (χ1n) is 6.28. The van der Waals surface area contributed by atoms with Crippen LogP contribution >= 0.6 is 0 Å². The molecule has 0 heterocycles. The molecule has 0 aliphatic heterocycles. The Balaban J connectivity index is 2.52. The maximum atomic E-state index is 12.7. The second-order valence-electron chi connectivity index (χ2n) is 4.64. The molecule has 1 N–H and O–H groups in total. The van der Waals surface area contributed by atoms with Crippen LogP contribution in [0.3, 0.4) is 0 Å². The van der Waals surface area contributed by atoms with Gasteiger partial charge in [-0.15, -0.1) is 13.2 Å². The molecular formula is C15H8F6O3. The third kappa shape index (κ3) is 4.18. The molecule has 2 aromatic rings. The fraction of sp³-hybridized carbons (Fsp3) is 0.133. The van der Waals surface area contributed by atoms with Gasteiger partial charge in [-0.3, -0.25) is 0 Å². The second-order valence-corrected chi connectivity index (χ2v) is 4.64. The number of alkyl halides is 6. The predicted molar refractivity (Wildman–Crippen MR) is 70.5 cm³/mol. The van der Waals surface area contributed by atoms with Crippen molar-refractivity contribution in [1.82, 2.24) is 0 Å². The average molecular weight is 350 g/mol. The number of benzene rings is 2. The van der Waals surface area contributed by atoms with Crippen LogP contribution in [0, 0.1) is 0 Å². The third-order valence-corrected chi connectivity index (χ3v) is 2.96. The summed E-state index contributed by atoms with van der Waals surface area (Å²) in [6, 6.07) is 6.55. The number of hydrogen-bond donors (Lipinski definition) is 1. The summed E-state index contributed by atoms with van der Waals surface area (Å²) in [6.45, 7) is 0. The summed E-state index contributed by atoms with van der Waals surface area (Å²) in [5, 5.41) is 8.88. The van der Waals surface area contributed by atoms with E-state index in [1.807, 2.05) is 0 Å². The van der Waals surface area contributed by atoms with Crippen LogP contribution in [0.1, 0.15) is 15.9 Å². The summed E-state index contributed by atoms with van der Waals surface area (Å²) in [5.74, 6) is -2.67. The molecule has 3 nitrogen and oxygen atoms in total. The topological polar surface area (TPSA) is 46.5 Å². The number of carboxylic acid groups (broad SMARTS) is 1. The smallest absolute Gasteiger partial charge is 0.478 e. The molecule has 0 saturated carbocycles. The molecule has 0 unspecified atom stereocenters. The fourth-order valence-electron chi connectivity index (χ4n) is 1.96. The van der Waals surface area contributed by atoms with Gasteiger partial charge in [0.25, 0.3) is 0 Å². The molecule has 2 rings (SSSR count). The first-order chi connectivity index (χ1) is 11.0. The number of rotatable bonds is 3. The van der Waals surface area contributed by atoms with Gasteiger partial charge < -0.3 is 9.84 Å². The van der Waals surface area contributed by atoms with Gasteiger partial charge in [-0.1, -0.05) is 18.2 Å². The molecule has 0 aliphatic carbocycles. The van der Waals surface area contributed by atoms with Crippen LogP contribution in [0.2, 0.25) is 0 Å². The predicted octanol–water partition coefficient (Wildman–Crippen LogP) is 4.97. The van der Waals surface area contributed by atoms with E-state index in [2.05, 4.69) is 4.74 Å².